The molecule has 0 amide bonds. The predicted octanol–water partition coefficient (Wildman–Crippen LogP) is 4.41. The maximum absolute atomic E-state index is 13.7. The van der Waals surface area contributed by atoms with Gasteiger partial charge in [0.25, 0.3) is 0 Å². The first-order valence-electron chi connectivity index (χ1n) is 9.99. The van der Waals surface area contributed by atoms with Crippen LogP contribution in [0.25, 0.3) is 0 Å². The van der Waals surface area contributed by atoms with Crippen LogP contribution in [0.5, 0.6) is 5.75 Å². The molecule has 0 atom stereocenters. The number of ether oxygens (including phenoxy) is 2. The lowest BCUT2D eigenvalue weighted by Crippen LogP contribution is -2.40. The van der Waals surface area contributed by atoms with Crippen molar-refractivity contribution in [1.29, 1.82) is 0 Å². The van der Waals surface area contributed by atoms with Crippen LogP contribution in [0, 0.1) is 5.82 Å². The molecule has 5 nitrogen and oxygen atoms in total. The first kappa shape index (κ1) is 22.7. The van der Waals surface area contributed by atoms with E-state index in [-0.39, 0.29) is 5.82 Å². The second-order valence-corrected chi connectivity index (χ2v) is 7.96. The van der Waals surface area contributed by atoms with Crippen LogP contribution < -0.4 is 10.1 Å². The molecule has 1 N–H and O–H groups in total. The minimum absolute atomic E-state index is 0.251. The van der Waals surface area contributed by atoms with Crippen molar-refractivity contribution in [3.05, 3.63) is 58.9 Å². The second kappa shape index (κ2) is 11.5. The van der Waals surface area contributed by atoms with Crippen molar-refractivity contribution >= 4 is 34.6 Å². The fraction of sp³-hybridized carbons (Fsp3) is 0.409. The van der Waals surface area contributed by atoms with Gasteiger partial charge in [0.05, 0.1) is 26.0 Å². The Labute approximate surface area is 187 Å². The van der Waals surface area contributed by atoms with E-state index in [0.29, 0.717) is 22.4 Å². The van der Waals surface area contributed by atoms with Crippen molar-refractivity contribution in [2.75, 3.05) is 51.8 Å². The molecule has 30 heavy (non-hydrogen) atoms. The Morgan fingerprint density at radius 3 is 2.80 bits per heavy atom. The molecule has 0 aliphatic carbocycles. The SMILES string of the molecule is COc1cc(Cl)ccc1NC(=S)N(CCCN1CCOCC1)Cc1cccc(F)c1. The maximum Gasteiger partial charge on any atom is 0.173 e. The average molecular weight is 452 g/mol. The van der Waals surface area contributed by atoms with Crippen molar-refractivity contribution in [3.8, 4) is 5.75 Å². The third-order valence-electron chi connectivity index (χ3n) is 4.96. The molecule has 1 aliphatic rings. The summed E-state index contributed by atoms with van der Waals surface area (Å²) in [4.78, 5) is 4.45. The molecule has 3 rings (SSSR count). The monoisotopic (exact) mass is 451 g/mol. The van der Waals surface area contributed by atoms with Gasteiger partial charge in [-0.1, -0.05) is 23.7 Å². The summed E-state index contributed by atoms with van der Waals surface area (Å²) in [5.74, 6) is 0.364. The predicted molar refractivity (Wildman–Crippen MR) is 123 cm³/mol. The zero-order valence-electron chi connectivity index (χ0n) is 17.1. The largest absolute Gasteiger partial charge is 0.495 e. The fourth-order valence-electron chi connectivity index (χ4n) is 3.38. The van der Waals surface area contributed by atoms with Crippen LogP contribution in [-0.2, 0) is 11.3 Å². The van der Waals surface area contributed by atoms with E-state index in [0.717, 1.165) is 57.1 Å². The lowest BCUT2D eigenvalue weighted by molar-refractivity contribution is 0.0368. The van der Waals surface area contributed by atoms with Crippen LogP contribution in [-0.4, -0.2) is 61.4 Å². The number of anilines is 1. The Hall–Kier alpha value is -1.93. The van der Waals surface area contributed by atoms with Gasteiger partial charge < -0.3 is 19.7 Å². The van der Waals surface area contributed by atoms with Crippen LogP contribution in [0.2, 0.25) is 5.02 Å². The molecule has 0 radical (unpaired) electrons. The summed E-state index contributed by atoms with van der Waals surface area (Å²) in [5.41, 5.74) is 1.61. The van der Waals surface area contributed by atoms with Crippen molar-refractivity contribution in [1.82, 2.24) is 9.80 Å². The second-order valence-electron chi connectivity index (χ2n) is 7.13. The standard InChI is InChI=1S/C22H27ClFN3O2S/c1-28-21-15-18(23)6-7-20(21)25-22(30)27(16-17-4-2-5-19(24)14-17)9-3-8-26-10-12-29-13-11-26/h2,4-7,14-15H,3,8-13,16H2,1H3,(H,25,30). The third-order valence-corrected chi connectivity index (χ3v) is 5.56. The summed E-state index contributed by atoms with van der Waals surface area (Å²) >= 11 is 11.8. The molecule has 0 spiro atoms. The van der Waals surface area contributed by atoms with Gasteiger partial charge in [0.1, 0.15) is 11.6 Å². The third kappa shape index (κ3) is 6.80. The number of methoxy groups -OCH3 is 1. The van der Waals surface area contributed by atoms with E-state index in [1.54, 1.807) is 31.4 Å². The molecule has 162 valence electrons. The van der Waals surface area contributed by atoms with Crippen LogP contribution in [0.15, 0.2) is 42.5 Å². The number of rotatable bonds is 8. The van der Waals surface area contributed by atoms with Gasteiger partial charge in [-0.25, -0.2) is 4.39 Å². The molecular weight excluding hydrogens is 425 g/mol. The molecule has 0 unspecified atom stereocenters. The summed E-state index contributed by atoms with van der Waals surface area (Å²) in [6, 6.07) is 12.0. The highest BCUT2D eigenvalue weighted by Gasteiger charge is 2.15. The maximum atomic E-state index is 13.7. The molecule has 2 aromatic carbocycles. The van der Waals surface area contributed by atoms with Crippen molar-refractivity contribution in [3.63, 3.8) is 0 Å². The van der Waals surface area contributed by atoms with Gasteiger partial charge >= 0.3 is 0 Å². The van der Waals surface area contributed by atoms with Gasteiger partial charge in [0.2, 0.25) is 0 Å². The zero-order chi connectivity index (χ0) is 21.3. The molecule has 8 heteroatoms. The Morgan fingerprint density at radius 2 is 2.07 bits per heavy atom. The summed E-state index contributed by atoms with van der Waals surface area (Å²) in [7, 11) is 1.59. The van der Waals surface area contributed by atoms with Gasteiger partial charge in [-0.2, -0.15) is 0 Å². The number of benzene rings is 2. The van der Waals surface area contributed by atoms with Gasteiger partial charge in [0.15, 0.2) is 5.11 Å². The van der Waals surface area contributed by atoms with Gasteiger partial charge in [-0.05, 0) is 48.5 Å². The Bertz CT molecular complexity index is 849. The number of hydrogen-bond acceptors (Lipinski definition) is 4. The van der Waals surface area contributed by atoms with Crippen LogP contribution in [0.1, 0.15) is 12.0 Å². The van der Waals surface area contributed by atoms with E-state index < -0.39 is 0 Å². The summed E-state index contributed by atoms with van der Waals surface area (Å²) in [6.07, 6.45) is 0.939. The Morgan fingerprint density at radius 1 is 1.27 bits per heavy atom. The van der Waals surface area contributed by atoms with E-state index in [4.69, 9.17) is 33.3 Å². The van der Waals surface area contributed by atoms with Crippen LogP contribution in [0.3, 0.4) is 0 Å². The summed E-state index contributed by atoms with van der Waals surface area (Å²) in [5, 5.41) is 4.40. The fourth-order valence-corrected chi connectivity index (χ4v) is 3.81. The normalized spacial score (nSPS) is 14.4. The lowest BCUT2D eigenvalue weighted by atomic mass is 10.2. The quantitative estimate of drug-likeness (QED) is 0.599. The molecular formula is C22H27ClFN3O2S. The van der Waals surface area contributed by atoms with E-state index in [1.165, 1.54) is 6.07 Å². The minimum atomic E-state index is -0.251. The smallest absolute Gasteiger partial charge is 0.173 e. The highest BCUT2D eigenvalue weighted by atomic mass is 35.5. The molecule has 0 bridgehead atoms. The van der Waals surface area contributed by atoms with Crippen molar-refractivity contribution < 1.29 is 13.9 Å². The number of hydrogen-bond donors (Lipinski definition) is 1. The summed E-state index contributed by atoms with van der Waals surface area (Å²) in [6.45, 7) is 5.70. The molecule has 1 saturated heterocycles. The Kier molecular flexibility index (Phi) is 8.69. The number of thiocarbonyl (C=S) groups is 1. The number of nitrogens with one attached hydrogen (secondary N) is 1. The van der Waals surface area contributed by atoms with Crippen LogP contribution in [0.4, 0.5) is 10.1 Å². The highest BCUT2D eigenvalue weighted by Crippen LogP contribution is 2.28. The van der Waals surface area contributed by atoms with Gasteiger partial charge in [-0.15, -0.1) is 0 Å². The van der Waals surface area contributed by atoms with E-state index >= 15 is 0 Å². The average Bonchev–Trinajstić information content (AvgIpc) is 2.75. The van der Waals surface area contributed by atoms with Crippen molar-refractivity contribution in [2.24, 2.45) is 0 Å². The Balaban J connectivity index is 1.67. The molecule has 1 fully saturated rings. The van der Waals surface area contributed by atoms with Gasteiger partial charge in [0, 0.05) is 43.8 Å². The molecule has 0 aromatic heterocycles. The van der Waals surface area contributed by atoms with E-state index in [1.807, 2.05) is 12.1 Å². The minimum Gasteiger partial charge on any atom is -0.495 e. The van der Waals surface area contributed by atoms with E-state index in [9.17, 15) is 4.39 Å². The molecule has 1 heterocycles. The van der Waals surface area contributed by atoms with Crippen LogP contribution >= 0.6 is 23.8 Å². The number of nitrogens with zero attached hydrogens (tertiary/aromatic N) is 2. The highest BCUT2D eigenvalue weighted by molar-refractivity contribution is 7.80. The summed E-state index contributed by atoms with van der Waals surface area (Å²) < 4.78 is 24.5. The molecule has 1 aliphatic heterocycles. The van der Waals surface area contributed by atoms with Gasteiger partial charge in [-0.3, -0.25) is 4.90 Å². The lowest BCUT2D eigenvalue weighted by Gasteiger charge is -2.30. The number of halogens is 2. The van der Waals surface area contributed by atoms with Crippen molar-refractivity contribution in [2.45, 2.75) is 13.0 Å². The first-order valence-corrected chi connectivity index (χ1v) is 10.8. The van der Waals surface area contributed by atoms with E-state index in [2.05, 4.69) is 15.1 Å². The molecule has 2 aromatic rings. The molecule has 0 saturated carbocycles. The number of morpholine rings is 1. The first-order chi connectivity index (χ1) is 14.5. The zero-order valence-corrected chi connectivity index (χ0v) is 18.6. The topological polar surface area (TPSA) is 37.0 Å².